The van der Waals surface area contributed by atoms with Gasteiger partial charge in [0.05, 0.1) is 25.2 Å². The van der Waals surface area contributed by atoms with Crippen molar-refractivity contribution in [3.63, 3.8) is 0 Å². The Hall–Kier alpha value is -1.30. The smallest absolute Gasteiger partial charge is 0.407 e. The summed E-state index contributed by atoms with van der Waals surface area (Å²) >= 11 is 0. The number of carbonyl (C=O) groups is 2. The Bertz CT molecular complexity index is 311. The standard InChI is InChI=1S/C14H27NO5/c1-6-19-12(17)10(2)7-8-11(9-16)15-13(18)20-14(3,4)5/h10-11,16H,6-9H2,1-5H3,(H,15,18)/t10?,11-/m0/s1. The van der Waals surface area contributed by atoms with Crippen LogP contribution in [0.4, 0.5) is 4.79 Å². The molecule has 0 aromatic rings. The monoisotopic (exact) mass is 289 g/mol. The molecule has 0 heterocycles. The highest BCUT2D eigenvalue weighted by Gasteiger charge is 2.21. The summed E-state index contributed by atoms with van der Waals surface area (Å²) in [5.74, 6) is -0.522. The van der Waals surface area contributed by atoms with Crippen LogP contribution in [0.1, 0.15) is 47.5 Å². The van der Waals surface area contributed by atoms with E-state index in [4.69, 9.17) is 9.47 Å². The minimum atomic E-state index is -0.581. The summed E-state index contributed by atoms with van der Waals surface area (Å²) in [7, 11) is 0. The van der Waals surface area contributed by atoms with Crippen LogP contribution in [0.3, 0.4) is 0 Å². The number of hydrogen-bond donors (Lipinski definition) is 2. The van der Waals surface area contributed by atoms with Crippen LogP contribution in [0.5, 0.6) is 0 Å². The Kier molecular flexibility index (Phi) is 8.22. The van der Waals surface area contributed by atoms with E-state index in [1.165, 1.54) is 0 Å². The molecule has 0 rings (SSSR count). The van der Waals surface area contributed by atoms with Crippen LogP contribution >= 0.6 is 0 Å². The van der Waals surface area contributed by atoms with Crippen LogP contribution in [-0.2, 0) is 14.3 Å². The van der Waals surface area contributed by atoms with E-state index in [-0.39, 0.29) is 18.5 Å². The second-order valence-electron chi connectivity index (χ2n) is 5.76. The summed E-state index contributed by atoms with van der Waals surface area (Å²) in [6, 6.07) is -0.429. The quantitative estimate of drug-likeness (QED) is 0.699. The molecule has 0 spiro atoms. The number of esters is 1. The fourth-order valence-corrected chi connectivity index (χ4v) is 1.54. The van der Waals surface area contributed by atoms with Gasteiger partial charge in [-0.15, -0.1) is 0 Å². The van der Waals surface area contributed by atoms with Gasteiger partial charge in [0.15, 0.2) is 0 Å². The minimum absolute atomic E-state index is 0.200. The lowest BCUT2D eigenvalue weighted by Crippen LogP contribution is -2.41. The number of alkyl carbamates (subject to hydrolysis) is 1. The largest absolute Gasteiger partial charge is 0.466 e. The molecule has 0 aliphatic heterocycles. The highest BCUT2D eigenvalue weighted by Crippen LogP contribution is 2.11. The lowest BCUT2D eigenvalue weighted by Gasteiger charge is -2.23. The number of aliphatic hydroxyl groups excluding tert-OH is 1. The molecule has 1 unspecified atom stereocenters. The van der Waals surface area contributed by atoms with Gasteiger partial charge in [-0.1, -0.05) is 6.92 Å². The molecule has 118 valence electrons. The summed E-state index contributed by atoms with van der Waals surface area (Å²) in [5.41, 5.74) is -0.581. The Labute approximate surface area is 120 Å². The lowest BCUT2D eigenvalue weighted by molar-refractivity contribution is -0.147. The van der Waals surface area contributed by atoms with Crippen molar-refractivity contribution in [1.29, 1.82) is 0 Å². The van der Waals surface area contributed by atoms with Crippen LogP contribution < -0.4 is 5.32 Å². The Morgan fingerprint density at radius 2 is 1.85 bits per heavy atom. The van der Waals surface area contributed by atoms with Gasteiger partial charge < -0.3 is 19.9 Å². The summed E-state index contributed by atoms with van der Waals surface area (Å²) < 4.78 is 10.0. The molecule has 0 aromatic heterocycles. The zero-order valence-corrected chi connectivity index (χ0v) is 13.1. The van der Waals surface area contributed by atoms with Crippen LogP contribution in [0.25, 0.3) is 0 Å². The predicted octanol–water partition coefficient (Wildman–Crippen LogP) is 1.85. The highest BCUT2D eigenvalue weighted by atomic mass is 16.6. The van der Waals surface area contributed by atoms with Gasteiger partial charge in [-0.05, 0) is 40.5 Å². The van der Waals surface area contributed by atoms with Crippen molar-refractivity contribution in [2.75, 3.05) is 13.2 Å². The number of ether oxygens (including phenoxy) is 2. The molecule has 2 N–H and O–H groups in total. The van der Waals surface area contributed by atoms with Crippen LogP contribution in [0.2, 0.25) is 0 Å². The van der Waals surface area contributed by atoms with Crippen molar-refractivity contribution in [3.05, 3.63) is 0 Å². The highest BCUT2D eigenvalue weighted by molar-refractivity contribution is 5.72. The predicted molar refractivity (Wildman–Crippen MR) is 75.3 cm³/mol. The van der Waals surface area contributed by atoms with Gasteiger partial charge in [0.2, 0.25) is 0 Å². The molecule has 0 fully saturated rings. The summed E-state index contributed by atoms with van der Waals surface area (Å²) in [5, 5.41) is 11.8. The van der Waals surface area contributed by atoms with Crippen molar-refractivity contribution in [2.24, 2.45) is 5.92 Å². The first kappa shape index (κ1) is 18.7. The maximum absolute atomic E-state index is 11.6. The topological polar surface area (TPSA) is 84.9 Å². The molecule has 0 aliphatic rings. The molecule has 2 atom stereocenters. The van der Waals surface area contributed by atoms with Gasteiger partial charge in [-0.2, -0.15) is 0 Å². The van der Waals surface area contributed by atoms with Gasteiger partial charge in [-0.25, -0.2) is 4.79 Å². The van der Waals surface area contributed by atoms with E-state index in [0.717, 1.165) is 0 Å². The van der Waals surface area contributed by atoms with E-state index in [2.05, 4.69) is 5.32 Å². The molecule has 0 saturated carbocycles. The Morgan fingerprint density at radius 3 is 2.30 bits per heavy atom. The third-order valence-electron chi connectivity index (χ3n) is 2.58. The molecule has 6 nitrogen and oxygen atoms in total. The van der Waals surface area contributed by atoms with E-state index in [1.54, 1.807) is 34.6 Å². The van der Waals surface area contributed by atoms with Crippen LogP contribution in [0.15, 0.2) is 0 Å². The van der Waals surface area contributed by atoms with Crippen molar-refractivity contribution in [3.8, 4) is 0 Å². The molecule has 0 radical (unpaired) electrons. The maximum atomic E-state index is 11.6. The first-order valence-corrected chi connectivity index (χ1v) is 6.96. The van der Waals surface area contributed by atoms with Gasteiger partial charge in [0, 0.05) is 0 Å². The first-order valence-electron chi connectivity index (χ1n) is 6.96. The zero-order valence-electron chi connectivity index (χ0n) is 13.1. The number of hydrogen-bond acceptors (Lipinski definition) is 5. The van der Waals surface area contributed by atoms with E-state index in [1.807, 2.05) is 0 Å². The molecule has 0 aromatic carbocycles. The van der Waals surface area contributed by atoms with Gasteiger partial charge >= 0.3 is 12.1 Å². The minimum Gasteiger partial charge on any atom is -0.466 e. The molecule has 20 heavy (non-hydrogen) atoms. The van der Waals surface area contributed by atoms with E-state index in [9.17, 15) is 14.7 Å². The van der Waals surface area contributed by atoms with Crippen molar-refractivity contribution in [1.82, 2.24) is 5.32 Å². The fraction of sp³-hybridized carbons (Fsp3) is 0.857. The third kappa shape index (κ3) is 8.74. The number of carbonyl (C=O) groups excluding carboxylic acids is 2. The van der Waals surface area contributed by atoms with Gasteiger partial charge in [0.1, 0.15) is 5.60 Å². The molecule has 0 bridgehead atoms. The zero-order chi connectivity index (χ0) is 15.8. The SMILES string of the molecule is CCOC(=O)C(C)CC[C@@H](CO)NC(=O)OC(C)(C)C. The average Bonchev–Trinajstić information content (AvgIpc) is 2.31. The lowest BCUT2D eigenvalue weighted by atomic mass is 10.0. The fourth-order valence-electron chi connectivity index (χ4n) is 1.54. The first-order chi connectivity index (χ1) is 9.19. The Morgan fingerprint density at radius 1 is 1.25 bits per heavy atom. The number of nitrogens with one attached hydrogen (secondary N) is 1. The Balaban J connectivity index is 4.16. The maximum Gasteiger partial charge on any atom is 0.407 e. The summed E-state index contributed by atoms with van der Waals surface area (Å²) in [4.78, 5) is 23.0. The van der Waals surface area contributed by atoms with E-state index < -0.39 is 17.7 Å². The number of rotatable bonds is 7. The average molecular weight is 289 g/mol. The van der Waals surface area contributed by atoms with Crippen LogP contribution in [0, 0.1) is 5.92 Å². The van der Waals surface area contributed by atoms with Crippen molar-refractivity contribution in [2.45, 2.75) is 59.1 Å². The third-order valence-corrected chi connectivity index (χ3v) is 2.58. The van der Waals surface area contributed by atoms with E-state index in [0.29, 0.717) is 19.4 Å². The molecule has 0 saturated heterocycles. The molecule has 1 amide bonds. The molecular formula is C14H27NO5. The second kappa shape index (κ2) is 8.79. The molecule has 0 aliphatic carbocycles. The number of amides is 1. The summed E-state index contributed by atoms with van der Waals surface area (Å²) in [6.07, 6.45) is 0.440. The van der Waals surface area contributed by atoms with E-state index >= 15 is 0 Å². The second-order valence-corrected chi connectivity index (χ2v) is 5.76. The molecule has 6 heteroatoms. The van der Waals surface area contributed by atoms with Gasteiger partial charge in [-0.3, -0.25) is 4.79 Å². The molecular weight excluding hydrogens is 262 g/mol. The van der Waals surface area contributed by atoms with Crippen LogP contribution in [-0.4, -0.2) is 42.0 Å². The number of aliphatic hydroxyl groups is 1. The normalized spacial score (nSPS) is 14.3. The van der Waals surface area contributed by atoms with Gasteiger partial charge in [0.25, 0.3) is 0 Å². The van der Waals surface area contributed by atoms with Crippen molar-refractivity contribution < 1.29 is 24.2 Å². The van der Waals surface area contributed by atoms with Crippen molar-refractivity contribution >= 4 is 12.1 Å². The summed E-state index contributed by atoms with van der Waals surface area (Å²) in [6.45, 7) is 8.97.